The summed E-state index contributed by atoms with van der Waals surface area (Å²) >= 11 is 3.96. The Bertz CT molecular complexity index is 125. The van der Waals surface area contributed by atoms with Gasteiger partial charge in [-0.2, -0.15) is 0 Å². The van der Waals surface area contributed by atoms with Gasteiger partial charge in [0.25, 0.3) is 0 Å². The van der Waals surface area contributed by atoms with Crippen LogP contribution >= 0.6 is 12.6 Å². The smallest absolute Gasteiger partial charge is 0.332 e. The lowest BCUT2D eigenvalue weighted by atomic mass is 10.2. The highest BCUT2D eigenvalue weighted by Crippen LogP contribution is 2.21. The number of hydrogen-bond donors (Lipinski definition) is 2. The molecule has 1 N–H and O–H groups in total. The van der Waals surface area contributed by atoms with Crippen LogP contribution in [-0.2, 0) is 9.53 Å². The van der Waals surface area contributed by atoms with Crippen LogP contribution < -0.4 is 0 Å². The highest BCUT2D eigenvalue weighted by molar-refractivity contribution is 7.80. The molecule has 1 saturated heterocycles. The van der Waals surface area contributed by atoms with Gasteiger partial charge in [0, 0.05) is 0 Å². The number of ether oxygens (including phenoxy) is 1. The molecule has 0 aliphatic carbocycles. The molecule has 9 heavy (non-hydrogen) atoms. The van der Waals surface area contributed by atoms with Gasteiger partial charge in [-0.25, -0.2) is 4.79 Å². The molecule has 0 aromatic carbocycles. The lowest BCUT2D eigenvalue weighted by Gasteiger charge is -2.02. The maximum Gasteiger partial charge on any atom is 0.332 e. The summed E-state index contributed by atoms with van der Waals surface area (Å²) in [6, 6.07) is 0. The summed E-state index contributed by atoms with van der Waals surface area (Å²) in [6.45, 7) is 0. The fraction of sp³-hybridized carbons (Fsp3) is 0.800. The fourth-order valence-corrected chi connectivity index (χ4v) is 1.10. The van der Waals surface area contributed by atoms with E-state index in [0.29, 0.717) is 6.42 Å². The van der Waals surface area contributed by atoms with E-state index in [2.05, 4.69) is 12.6 Å². The highest BCUT2D eigenvalue weighted by atomic mass is 32.1. The monoisotopic (exact) mass is 148 g/mol. The molecule has 0 bridgehead atoms. The van der Waals surface area contributed by atoms with Crippen molar-refractivity contribution in [3.63, 3.8) is 0 Å². The average Bonchev–Trinajstić information content (AvgIpc) is 2.14. The maximum absolute atomic E-state index is 10.2. The van der Waals surface area contributed by atoms with Crippen LogP contribution in [0.4, 0.5) is 0 Å². The number of carbonyl (C=O) groups is 1. The zero-order valence-corrected chi connectivity index (χ0v) is 5.67. The van der Waals surface area contributed by atoms with Crippen LogP contribution in [0.5, 0.6) is 0 Å². The van der Waals surface area contributed by atoms with Crippen LogP contribution in [0.1, 0.15) is 12.8 Å². The average molecular weight is 148 g/mol. The first-order valence-corrected chi connectivity index (χ1v) is 3.28. The second-order valence-electron chi connectivity index (χ2n) is 1.99. The molecular formula is C5H8O3S. The Kier molecular flexibility index (Phi) is 1.97. The Balaban J connectivity index is 2.39. The zero-order chi connectivity index (χ0) is 6.85. The SMILES string of the molecule is O=C(O)C1CCC(S)O1. The third-order valence-electron chi connectivity index (χ3n) is 1.27. The second kappa shape index (κ2) is 2.58. The Morgan fingerprint density at radius 3 is 2.56 bits per heavy atom. The van der Waals surface area contributed by atoms with Gasteiger partial charge in [-0.05, 0) is 12.8 Å². The van der Waals surface area contributed by atoms with E-state index in [1.54, 1.807) is 0 Å². The molecule has 1 rings (SSSR count). The van der Waals surface area contributed by atoms with Crippen molar-refractivity contribution in [2.75, 3.05) is 0 Å². The van der Waals surface area contributed by atoms with Crippen molar-refractivity contribution in [1.82, 2.24) is 0 Å². The summed E-state index contributed by atoms with van der Waals surface area (Å²) in [7, 11) is 0. The number of carboxylic acids is 1. The molecule has 0 spiro atoms. The second-order valence-corrected chi connectivity index (χ2v) is 2.57. The molecule has 2 unspecified atom stereocenters. The molecule has 4 heteroatoms. The minimum absolute atomic E-state index is 0.175. The molecule has 0 amide bonds. The summed E-state index contributed by atoms with van der Waals surface area (Å²) in [5, 5.41) is 8.37. The van der Waals surface area contributed by atoms with Crippen LogP contribution in [0.3, 0.4) is 0 Å². The molecule has 0 aromatic rings. The summed E-state index contributed by atoms with van der Waals surface area (Å²) in [5.74, 6) is -0.883. The van der Waals surface area contributed by atoms with Crippen molar-refractivity contribution in [1.29, 1.82) is 0 Å². The van der Waals surface area contributed by atoms with E-state index in [1.165, 1.54) is 0 Å². The third-order valence-corrected chi connectivity index (χ3v) is 1.65. The van der Waals surface area contributed by atoms with Crippen molar-refractivity contribution < 1.29 is 14.6 Å². The first kappa shape index (κ1) is 6.89. The number of carboxylic acid groups (broad SMARTS) is 1. The van der Waals surface area contributed by atoms with E-state index in [9.17, 15) is 4.79 Å². The molecule has 1 aliphatic rings. The summed E-state index contributed by atoms with van der Waals surface area (Å²) in [6.07, 6.45) is 0.705. The number of aliphatic carboxylic acids is 1. The Labute approximate surface area is 58.4 Å². The lowest BCUT2D eigenvalue weighted by molar-refractivity contribution is -0.147. The third kappa shape index (κ3) is 1.59. The molecule has 1 fully saturated rings. The molecule has 0 aromatic heterocycles. The minimum Gasteiger partial charge on any atom is -0.479 e. The number of hydrogen-bond acceptors (Lipinski definition) is 3. The van der Waals surface area contributed by atoms with Gasteiger partial charge in [-0.3, -0.25) is 0 Å². The molecule has 3 nitrogen and oxygen atoms in total. The first-order valence-electron chi connectivity index (χ1n) is 2.76. The normalized spacial score (nSPS) is 34.8. The van der Waals surface area contributed by atoms with Gasteiger partial charge in [0.1, 0.15) is 5.44 Å². The number of rotatable bonds is 1. The van der Waals surface area contributed by atoms with E-state index >= 15 is 0 Å². The molecule has 1 heterocycles. The zero-order valence-electron chi connectivity index (χ0n) is 4.78. The van der Waals surface area contributed by atoms with Crippen LogP contribution in [0.15, 0.2) is 0 Å². The van der Waals surface area contributed by atoms with E-state index in [1.807, 2.05) is 0 Å². The quantitative estimate of drug-likeness (QED) is 0.532. The van der Waals surface area contributed by atoms with E-state index in [0.717, 1.165) is 6.42 Å². The van der Waals surface area contributed by atoms with E-state index in [4.69, 9.17) is 9.84 Å². The van der Waals surface area contributed by atoms with Crippen LogP contribution in [-0.4, -0.2) is 22.6 Å². The van der Waals surface area contributed by atoms with Crippen molar-refractivity contribution >= 4 is 18.6 Å². The largest absolute Gasteiger partial charge is 0.479 e. The van der Waals surface area contributed by atoms with Crippen molar-refractivity contribution in [3.05, 3.63) is 0 Å². The molecule has 0 radical (unpaired) electrons. The number of thiol groups is 1. The van der Waals surface area contributed by atoms with Gasteiger partial charge in [0.05, 0.1) is 0 Å². The maximum atomic E-state index is 10.2. The van der Waals surface area contributed by atoms with Crippen molar-refractivity contribution in [2.45, 2.75) is 24.4 Å². The van der Waals surface area contributed by atoms with Crippen molar-refractivity contribution in [3.8, 4) is 0 Å². The van der Waals surface area contributed by atoms with E-state index < -0.39 is 12.1 Å². The molecular weight excluding hydrogens is 140 g/mol. The van der Waals surface area contributed by atoms with Crippen LogP contribution in [0, 0.1) is 0 Å². The van der Waals surface area contributed by atoms with Gasteiger partial charge in [0.15, 0.2) is 6.10 Å². The molecule has 52 valence electrons. The van der Waals surface area contributed by atoms with Gasteiger partial charge >= 0.3 is 5.97 Å². The molecule has 2 atom stereocenters. The fourth-order valence-electron chi connectivity index (χ4n) is 0.801. The van der Waals surface area contributed by atoms with Gasteiger partial charge in [-0.1, -0.05) is 0 Å². The van der Waals surface area contributed by atoms with Gasteiger partial charge in [-0.15, -0.1) is 12.6 Å². The first-order chi connectivity index (χ1) is 4.20. The molecule has 1 aliphatic heterocycles. The Hall–Kier alpha value is -0.220. The Morgan fingerprint density at radius 1 is 1.67 bits per heavy atom. The summed E-state index contributed by atoms with van der Waals surface area (Å²) in [4.78, 5) is 10.2. The highest BCUT2D eigenvalue weighted by Gasteiger charge is 2.27. The lowest BCUT2D eigenvalue weighted by Crippen LogP contribution is -2.18. The minimum atomic E-state index is -0.883. The van der Waals surface area contributed by atoms with Gasteiger partial charge in [0.2, 0.25) is 0 Å². The van der Waals surface area contributed by atoms with E-state index in [-0.39, 0.29) is 5.44 Å². The predicted molar refractivity (Wildman–Crippen MR) is 34.5 cm³/mol. The topological polar surface area (TPSA) is 46.5 Å². The predicted octanol–water partition coefficient (Wildman–Crippen LogP) is 0.506. The Morgan fingerprint density at radius 2 is 2.33 bits per heavy atom. The summed E-state index contributed by atoms with van der Waals surface area (Å²) in [5.41, 5.74) is -0.175. The van der Waals surface area contributed by atoms with Gasteiger partial charge < -0.3 is 9.84 Å². The molecule has 0 saturated carbocycles. The summed E-state index contributed by atoms with van der Waals surface area (Å²) < 4.78 is 4.89. The van der Waals surface area contributed by atoms with Crippen LogP contribution in [0.25, 0.3) is 0 Å². The van der Waals surface area contributed by atoms with Crippen LogP contribution in [0.2, 0.25) is 0 Å². The standard InChI is InChI=1S/C5H8O3S/c6-5(7)3-1-2-4(9)8-3/h3-4,9H,1-2H2,(H,6,7). The van der Waals surface area contributed by atoms with Crippen molar-refractivity contribution in [2.24, 2.45) is 0 Å².